The van der Waals surface area contributed by atoms with Crippen molar-refractivity contribution >= 4 is 11.6 Å². The van der Waals surface area contributed by atoms with Gasteiger partial charge in [0.25, 0.3) is 0 Å². The largest absolute Gasteiger partial charge is 0.435 e. The van der Waals surface area contributed by atoms with E-state index in [1.165, 1.54) is 12.1 Å². The highest BCUT2D eigenvalue weighted by molar-refractivity contribution is 5.95. The molecule has 1 aliphatic heterocycles. The Hall–Kier alpha value is -1.65. The van der Waals surface area contributed by atoms with Crippen molar-refractivity contribution in [1.82, 2.24) is 0 Å². The lowest BCUT2D eigenvalue weighted by molar-refractivity contribution is -0.117. The van der Waals surface area contributed by atoms with E-state index in [0.29, 0.717) is 13.0 Å². The number of halogens is 2. The van der Waals surface area contributed by atoms with E-state index in [-0.39, 0.29) is 11.7 Å². The number of nitrogens with zero attached hydrogens (tertiary/aromatic N) is 1. The molecule has 3 nitrogen and oxygen atoms in total. The lowest BCUT2D eigenvalue weighted by Gasteiger charge is -2.15. The van der Waals surface area contributed by atoms with Crippen molar-refractivity contribution in [3.05, 3.63) is 24.3 Å². The zero-order valence-corrected chi connectivity index (χ0v) is 8.53. The molecule has 2 rings (SSSR count). The number of amides is 1. The van der Waals surface area contributed by atoms with Gasteiger partial charge < -0.3 is 9.64 Å². The number of ether oxygens (including phenoxy) is 1. The minimum Gasteiger partial charge on any atom is -0.435 e. The minimum absolute atomic E-state index is 0.0718. The van der Waals surface area contributed by atoms with Gasteiger partial charge in [0.05, 0.1) is 0 Å². The van der Waals surface area contributed by atoms with E-state index >= 15 is 0 Å². The van der Waals surface area contributed by atoms with Crippen LogP contribution in [0.25, 0.3) is 0 Å². The Bertz CT molecular complexity index is 378. The molecular formula is C11H11F2NO2. The normalized spacial score (nSPS) is 15.9. The summed E-state index contributed by atoms with van der Waals surface area (Å²) in [5.74, 6) is 0.174. The molecule has 1 aromatic carbocycles. The fraction of sp³-hybridized carbons (Fsp3) is 0.364. The van der Waals surface area contributed by atoms with Crippen LogP contribution in [0.15, 0.2) is 24.3 Å². The van der Waals surface area contributed by atoms with E-state index in [1.807, 2.05) is 0 Å². The topological polar surface area (TPSA) is 29.5 Å². The highest BCUT2D eigenvalue weighted by Gasteiger charge is 2.21. The number of hydrogen-bond donors (Lipinski definition) is 0. The molecule has 0 spiro atoms. The average Bonchev–Trinajstić information content (AvgIpc) is 2.65. The molecule has 1 heterocycles. The van der Waals surface area contributed by atoms with Crippen LogP contribution in [0.1, 0.15) is 12.8 Å². The molecule has 0 unspecified atom stereocenters. The van der Waals surface area contributed by atoms with Gasteiger partial charge in [0.2, 0.25) is 5.91 Å². The monoisotopic (exact) mass is 227 g/mol. The lowest BCUT2D eigenvalue weighted by Crippen LogP contribution is -2.23. The van der Waals surface area contributed by atoms with E-state index < -0.39 is 6.61 Å². The summed E-state index contributed by atoms with van der Waals surface area (Å²) in [6, 6.07) is 6.10. The number of alkyl halides is 2. The van der Waals surface area contributed by atoms with Crippen LogP contribution < -0.4 is 9.64 Å². The maximum Gasteiger partial charge on any atom is 0.387 e. The molecule has 16 heavy (non-hydrogen) atoms. The van der Waals surface area contributed by atoms with Gasteiger partial charge in [-0.1, -0.05) is 0 Å². The first kappa shape index (κ1) is 10.9. The SMILES string of the molecule is O=C1CCCN1c1ccc(OC(F)F)cc1. The van der Waals surface area contributed by atoms with Gasteiger partial charge in [-0.05, 0) is 30.7 Å². The first-order valence-corrected chi connectivity index (χ1v) is 5.02. The second-order valence-electron chi connectivity index (χ2n) is 3.52. The van der Waals surface area contributed by atoms with Gasteiger partial charge in [-0.2, -0.15) is 8.78 Å². The van der Waals surface area contributed by atoms with Gasteiger partial charge in [0.1, 0.15) is 5.75 Å². The highest BCUT2D eigenvalue weighted by Crippen LogP contribution is 2.24. The first-order valence-electron chi connectivity index (χ1n) is 5.02. The average molecular weight is 227 g/mol. The maximum absolute atomic E-state index is 11.9. The third-order valence-electron chi connectivity index (χ3n) is 2.45. The molecular weight excluding hydrogens is 216 g/mol. The van der Waals surface area contributed by atoms with Crippen molar-refractivity contribution in [1.29, 1.82) is 0 Å². The second-order valence-corrected chi connectivity index (χ2v) is 3.52. The minimum atomic E-state index is -2.82. The van der Waals surface area contributed by atoms with Crippen molar-refractivity contribution in [2.75, 3.05) is 11.4 Å². The summed E-state index contributed by atoms with van der Waals surface area (Å²) < 4.78 is 28.0. The van der Waals surface area contributed by atoms with E-state index in [9.17, 15) is 13.6 Å². The van der Waals surface area contributed by atoms with Crippen molar-refractivity contribution in [3.8, 4) is 5.75 Å². The molecule has 0 saturated carbocycles. The van der Waals surface area contributed by atoms with Gasteiger partial charge in [-0.15, -0.1) is 0 Å². The molecule has 1 fully saturated rings. The zero-order valence-electron chi connectivity index (χ0n) is 8.53. The first-order chi connectivity index (χ1) is 7.66. The second kappa shape index (κ2) is 4.47. The Morgan fingerprint density at radius 2 is 1.94 bits per heavy atom. The molecule has 0 N–H and O–H groups in total. The predicted molar refractivity (Wildman–Crippen MR) is 54.7 cm³/mol. The van der Waals surface area contributed by atoms with Crippen LogP contribution >= 0.6 is 0 Å². The Morgan fingerprint density at radius 1 is 1.25 bits per heavy atom. The summed E-state index contributed by atoms with van der Waals surface area (Å²) in [5.41, 5.74) is 0.726. The zero-order chi connectivity index (χ0) is 11.5. The number of anilines is 1. The van der Waals surface area contributed by atoms with E-state index in [0.717, 1.165) is 12.1 Å². The van der Waals surface area contributed by atoms with Crippen LogP contribution in [0.3, 0.4) is 0 Å². The number of hydrogen-bond acceptors (Lipinski definition) is 2. The van der Waals surface area contributed by atoms with Crippen molar-refractivity contribution in [2.24, 2.45) is 0 Å². The molecule has 1 amide bonds. The van der Waals surface area contributed by atoms with Crippen LogP contribution in [0.2, 0.25) is 0 Å². The summed E-state index contributed by atoms with van der Waals surface area (Å²) in [6.45, 7) is -2.13. The molecule has 5 heteroatoms. The van der Waals surface area contributed by atoms with Gasteiger partial charge in [-0.3, -0.25) is 4.79 Å². The van der Waals surface area contributed by atoms with Crippen LogP contribution in [-0.4, -0.2) is 19.1 Å². The molecule has 0 radical (unpaired) electrons. The summed E-state index contributed by atoms with van der Waals surface area (Å²) in [7, 11) is 0. The molecule has 0 aliphatic carbocycles. The number of carbonyl (C=O) groups excluding carboxylic acids is 1. The molecule has 0 atom stereocenters. The van der Waals surface area contributed by atoms with E-state index in [1.54, 1.807) is 17.0 Å². The van der Waals surface area contributed by atoms with E-state index in [4.69, 9.17) is 0 Å². The summed E-state index contributed by atoms with van der Waals surface area (Å²) in [6.07, 6.45) is 1.39. The Balaban J connectivity index is 2.09. The van der Waals surface area contributed by atoms with Gasteiger partial charge in [0.15, 0.2) is 0 Å². The Kier molecular flexibility index (Phi) is 3.03. The molecule has 1 saturated heterocycles. The van der Waals surface area contributed by atoms with Crippen molar-refractivity contribution < 1.29 is 18.3 Å². The Morgan fingerprint density at radius 3 is 2.44 bits per heavy atom. The van der Waals surface area contributed by atoms with Crippen LogP contribution in [0.5, 0.6) is 5.75 Å². The third-order valence-corrected chi connectivity index (χ3v) is 2.45. The summed E-state index contributed by atoms with van der Waals surface area (Å²) in [4.78, 5) is 13.1. The predicted octanol–water partition coefficient (Wildman–Crippen LogP) is 2.41. The molecule has 86 valence electrons. The van der Waals surface area contributed by atoms with Gasteiger partial charge in [0, 0.05) is 18.7 Å². The van der Waals surface area contributed by atoms with Crippen LogP contribution in [0.4, 0.5) is 14.5 Å². The fourth-order valence-electron chi connectivity index (χ4n) is 1.73. The van der Waals surface area contributed by atoms with Crippen LogP contribution in [-0.2, 0) is 4.79 Å². The maximum atomic E-state index is 11.9. The van der Waals surface area contributed by atoms with Gasteiger partial charge in [-0.25, -0.2) is 0 Å². The third kappa shape index (κ3) is 2.29. The summed E-state index contributed by atoms with van der Waals surface area (Å²) in [5, 5.41) is 0. The Labute approximate surface area is 91.6 Å². The molecule has 0 bridgehead atoms. The highest BCUT2D eigenvalue weighted by atomic mass is 19.3. The number of rotatable bonds is 3. The lowest BCUT2D eigenvalue weighted by atomic mass is 10.3. The molecule has 0 aromatic heterocycles. The quantitative estimate of drug-likeness (QED) is 0.793. The van der Waals surface area contributed by atoms with Crippen molar-refractivity contribution in [3.63, 3.8) is 0 Å². The number of carbonyl (C=O) groups is 1. The molecule has 1 aliphatic rings. The fourth-order valence-corrected chi connectivity index (χ4v) is 1.73. The molecule has 1 aromatic rings. The van der Waals surface area contributed by atoms with Crippen molar-refractivity contribution in [2.45, 2.75) is 19.5 Å². The van der Waals surface area contributed by atoms with E-state index in [2.05, 4.69) is 4.74 Å². The van der Waals surface area contributed by atoms with Crippen LogP contribution in [0, 0.1) is 0 Å². The standard InChI is InChI=1S/C11H11F2NO2/c12-11(13)16-9-5-3-8(4-6-9)14-7-1-2-10(14)15/h3-6,11H,1-2,7H2. The smallest absolute Gasteiger partial charge is 0.387 e. The number of benzene rings is 1. The summed E-state index contributed by atoms with van der Waals surface area (Å²) >= 11 is 0. The van der Waals surface area contributed by atoms with Gasteiger partial charge >= 0.3 is 6.61 Å².